The Morgan fingerprint density at radius 2 is 1.14 bits per heavy atom. The third-order valence-electron chi connectivity index (χ3n) is 6.73. The van der Waals surface area contributed by atoms with Crippen molar-refractivity contribution in [3.05, 3.63) is 68.6 Å². The van der Waals surface area contributed by atoms with Gasteiger partial charge in [-0.25, -0.2) is 0 Å². The van der Waals surface area contributed by atoms with Gasteiger partial charge in [-0.05, 0) is 36.1 Å². The van der Waals surface area contributed by atoms with Gasteiger partial charge in [-0.1, -0.05) is 82.1 Å². The molecule has 2 saturated heterocycles. The fourth-order valence-electron chi connectivity index (χ4n) is 4.42. The summed E-state index contributed by atoms with van der Waals surface area (Å²) >= 11 is 7.55. The number of hydrogen-bond donors (Lipinski definition) is 0. The van der Waals surface area contributed by atoms with Crippen LogP contribution in [0.3, 0.4) is 0 Å². The van der Waals surface area contributed by atoms with E-state index < -0.39 is 0 Å². The Morgan fingerprint density at radius 1 is 0.759 bits per heavy atom. The zero-order valence-electron chi connectivity index (χ0n) is 17.0. The first-order valence-corrected chi connectivity index (χ1v) is 11.9. The monoisotopic (exact) mass is 522 g/mol. The summed E-state index contributed by atoms with van der Waals surface area (Å²) in [5, 5.41) is 0. The van der Waals surface area contributed by atoms with Gasteiger partial charge in [-0.3, -0.25) is 0 Å². The normalized spacial score (nSPS) is 21.7. The van der Waals surface area contributed by atoms with Crippen LogP contribution < -0.4 is 0 Å². The van der Waals surface area contributed by atoms with Crippen LogP contribution in [0.2, 0.25) is 0 Å². The summed E-state index contributed by atoms with van der Waals surface area (Å²) in [7, 11) is 0. The number of benzene rings is 2. The van der Waals surface area contributed by atoms with Gasteiger partial charge in [0.2, 0.25) is 0 Å². The number of rotatable bonds is 8. The average Bonchev–Trinajstić information content (AvgIpc) is 2.66. The van der Waals surface area contributed by atoms with E-state index in [4.69, 9.17) is 14.2 Å². The highest BCUT2D eigenvalue weighted by molar-refractivity contribution is 9.10. The molecule has 2 atom stereocenters. The van der Waals surface area contributed by atoms with E-state index >= 15 is 0 Å². The number of halogens is 2. The van der Waals surface area contributed by atoms with E-state index in [1.54, 1.807) is 0 Å². The summed E-state index contributed by atoms with van der Waals surface area (Å²) in [6, 6.07) is 16.9. The lowest BCUT2D eigenvalue weighted by Crippen LogP contribution is -2.52. The molecule has 2 heterocycles. The summed E-state index contributed by atoms with van der Waals surface area (Å²) in [6.45, 7) is 7.40. The van der Waals surface area contributed by atoms with Gasteiger partial charge in [0.15, 0.2) is 0 Å². The summed E-state index contributed by atoms with van der Waals surface area (Å²) in [5.41, 5.74) is 2.37. The van der Waals surface area contributed by atoms with Crippen LogP contribution in [0.1, 0.15) is 50.0 Å². The maximum atomic E-state index is 7.16. The lowest BCUT2D eigenvalue weighted by atomic mass is 9.72. The highest BCUT2D eigenvalue weighted by atomic mass is 79.9. The van der Waals surface area contributed by atoms with Gasteiger partial charge in [0, 0.05) is 19.8 Å². The van der Waals surface area contributed by atoms with Crippen molar-refractivity contribution in [2.45, 2.75) is 38.9 Å². The van der Waals surface area contributed by atoms with Crippen LogP contribution in [0.25, 0.3) is 0 Å². The van der Waals surface area contributed by atoms with E-state index in [1.807, 2.05) is 0 Å². The fraction of sp³-hybridized carbons (Fsp3) is 0.500. The van der Waals surface area contributed by atoms with E-state index in [1.165, 1.54) is 11.1 Å². The Bertz CT molecular complexity index is 765. The largest absolute Gasteiger partial charge is 0.380 e. The third-order valence-corrected chi connectivity index (χ3v) is 8.17. The summed E-state index contributed by atoms with van der Waals surface area (Å²) in [6.07, 6.45) is 1.91. The minimum absolute atomic E-state index is 0.0110. The molecule has 29 heavy (non-hydrogen) atoms. The Balaban J connectivity index is 1.79. The molecule has 0 aliphatic carbocycles. The Morgan fingerprint density at radius 3 is 1.41 bits per heavy atom. The van der Waals surface area contributed by atoms with Crippen molar-refractivity contribution < 1.29 is 14.2 Å². The van der Waals surface area contributed by atoms with Gasteiger partial charge < -0.3 is 14.2 Å². The van der Waals surface area contributed by atoms with E-state index in [0.29, 0.717) is 0 Å². The molecule has 0 aromatic heterocycles. The predicted octanol–water partition coefficient (Wildman–Crippen LogP) is 6.86. The SMILES string of the molecule is CCC1(C(OC(c2ccccc2Br)C2(CC)COC2)c2ccccc2Br)COC1. The van der Waals surface area contributed by atoms with Crippen molar-refractivity contribution in [1.82, 2.24) is 0 Å². The second-order valence-corrected chi connectivity index (χ2v) is 10.1. The van der Waals surface area contributed by atoms with E-state index in [-0.39, 0.29) is 23.0 Å². The first-order valence-electron chi connectivity index (χ1n) is 10.3. The van der Waals surface area contributed by atoms with E-state index in [9.17, 15) is 0 Å². The second-order valence-electron chi connectivity index (χ2n) is 8.36. The van der Waals surface area contributed by atoms with Crippen molar-refractivity contribution in [2.75, 3.05) is 26.4 Å². The molecule has 2 aliphatic heterocycles. The summed E-state index contributed by atoms with van der Waals surface area (Å²) in [5.74, 6) is 0. The molecule has 0 spiro atoms. The summed E-state index contributed by atoms with van der Waals surface area (Å²) < 4.78 is 20.7. The lowest BCUT2D eigenvalue weighted by Gasteiger charge is -2.52. The molecule has 0 N–H and O–H groups in total. The van der Waals surface area contributed by atoms with Crippen molar-refractivity contribution >= 4 is 31.9 Å². The minimum atomic E-state index is -0.0574. The Labute approximate surface area is 190 Å². The van der Waals surface area contributed by atoms with E-state index in [0.717, 1.165) is 48.2 Å². The van der Waals surface area contributed by atoms with E-state index in [2.05, 4.69) is 94.2 Å². The fourth-order valence-corrected chi connectivity index (χ4v) is 5.40. The van der Waals surface area contributed by atoms with Gasteiger partial charge in [0.1, 0.15) is 0 Å². The van der Waals surface area contributed by atoms with Crippen molar-refractivity contribution in [2.24, 2.45) is 10.8 Å². The predicted molar refractivity (Wildman–Crippen MR) is 122 cm³/mol. The Kier molecular flexibility index (Phi) is 6.52. The molecule has 2 aliphatic rings. The number of ether oxygens (including phenoxy) is 3. The highest BCUT2D eigenvalue weighted by Crippen LogP contribution is 2.54. The molecule has 3 nitrogen and oxygen atoms in total. The molecule has 4 rings (SSSR count). The van der Waals surface area contributed by atoms with Crippen LogP contribution in [-0.4, -0.2) is 26.4 Å². The van der Waals surface area contributed by atoms with Crippen LogP contribution in [0.4, 0.5) is 0 Å². The zero-order chi connectivity index (χ0) is 20.5. The molecular weight excluding hydrogens is 496 g/mol. The second kappa shape index (κ2) is 8.80. The number of hydrogen-bond acceptors (Lipinski definition) is 3. The average molecular weight is 524 g/mol. The van der Waals surface area contributed by atoms with Crippen LogP contribution in [0.5, 0.6) is 0 Å². The molecule has 2 aromatic rings. The highest BCUT2D eigenvalue weighted by Gasteiger charge is 2.52. The smallest absolute Gasteiger partial charge is 0.0944 e. The quantitative estimate of drug-likeness (QED) is 0.378. The molecule has 156 valence electrons. The maximum absolute atomic E-state index is 7.16. The maximum Gasteiger partial charge on any atom is 0.0944 e. The molecule has 2 fully saturated rings. The van der Waals surface area contributed by atoms with Crippen molar-refractivity contribution in [3.8, 4) is 0 Å². The topological polar surface area (TPSA) is 27.7 Å². The van der Waals surface area contributed by atoms with Crippen molar-refractivity contribution in [3.63, 3.8) is 0 Å². The molecule has 0 amide bonds. The van der Waals surface area contributed by atoms with Crippen LogP contribution >= 0.6 is 31.9 Å². The zero-order valence-corrected chi connectivity index (χ0v) is 20.2. The Hall–Kier alpha value is -0.720. The summed E-state index contributed by atoms with van der Waals surface area (Å²) in [4.78, 5) is 0. The van der Waals surface area contributed by atoms with Crippen LogP contribution in [-0.2, 0) is 14.2 Å². The van der Waals surface area contributed by atoms with Crippen molar-refractivity contribution in [1.29, 1.82) is 0 Å². The minimum Gasteiger partial charge on any atom is -0.380 e. The third kappa shape index (κ3) is 3.85. The molecule has 0 bridgehead atoms. The molecule has 2 aromatic carbocycles. The molecule has 0 saturated carbocycles. The molecule has 2 unspecified atom stereocenters. The molecule has 5 heteroatoms. The first-order chi connectivity index (χ1) is 14.1. The van der Waals surface area contributed by atoms with Gasteiger partial charge >= 0.3 is 0 Å². The molecular formula is C24H28Br2O3. The van der Waals surface area contributed by atoms with Gasteiger partial charge in [0.05, 0.1) is 38.6 Å². The van der Waals surface area contributed by atoms with Gasteiger partial charge in [-0.2, -0.15) is 0 Å². The van der Waals surface area contributed by atoms with Crippen LogP contribution in [0, 0.1) is 10.8 Å². The van der Waals surface area contributed by atoms with Gasteiger partial charge in [0.25, 0.3) is 0 Å². The van der Waals surface area contributed by atoms with Crippen LogP contribution in [0.15, 0.2) is 57.5 Å². The lowest BCUT2D eigenvalue weighted by molar-refractivity contribution is -0.255. The standard InChI is InChI=1S/C24H28Br2O3/c1-3-23(13-27-14-23)21(17-9-5-7-11-19(17)25)29-22(24(4-2)15-28-16-24)18-10-6-8-12-20(18)26/h5-12,21-22H,3-4,13-16H2,1-2H3. The first kappa shape index (κ1) is 21.5. The molecule has 0 radical (unpaired) electrons. The van der Waals surface area contributed by atoms with Gasteiger partial charge in [-0.15, -0.1) is 0 Å².